The average Bonchev–Trinajstić information content (AvgIpc) is 2.59. The third-order valence-corrected chi connectivity index (χ3v) is 3.21. The van der Waals surface area contributed by atoms with Gasteiger partial charge in [-0.25, -0.2) is 0 Å². The van der Waals surface area contributed by atoms with Crippen molar-refractivity contribution in [3.63, 3.8) is 0 Å². The maximum Gasteiger partial charge on any atom is 0.284 e. The van der Waals surface area contributed by atoms with Crippen LogP contribution in [0.5, 0.6) is 0 Å². The van der Waals surface area contributed by atoms with E-state index in [-0.39, 0.29) is 16.8 Å². The number of hydrogen-bond acceptors (Lipinski definition) is 7. The molecule has 0 unspecified atom stereocenters. The second-order valence-electron chi connectivity index (χ2n) is 4.73. The Hall–Kier alpha value is -4.13. The standard InChI is InChI=1S/C15H8N4O6/c16-9-11(7-10-1-3-12(4-2-10)17(20)21)14-6-5-13(18(22)23)8-15(14)19(24)25/h1-8H/b11-7+. The van der Waals surface area contributed by atoms with Crippen LogP contribution in [-0.2, 0) is 0 Å². The Morgan fingerprint density at radius 3 is 1.92 bits per heavy atom. The number of rotatable bonds is 5. The highest BCUT2D eigenvalue weighted by atomic mass is 16.6. The number of nitriles is 1. The molecule has 10 heteroatoms. The fraction of sp³-hybridized carbons (Fsp3) is 0. The summed E-state index contributed by atoms with van der Waals surface area (Å²) < 4.78 is 0. The molecule has 0 spiro atoms. The Labute approximate surface area is 139 Å². The molecule has 124 valence electrons. The molecule has 0 N–H and O–H groups in total. The van der Waals surface area contributed by atoms with Gasteiger partial charge < -0.3 is 0 Å². The Balaban J connectivity index is 2.53. The summed E-state index contributed by atoms with van der Waals surface area (Å²) in [7, 11) is 0. The maximum atomic E-state index is 11.2. The van der Waals surface area contributed by atoms with Gasteiger partial charge in [0, 0.05) is 18.2 Å². The first-order valence-corrected chi connectivity index (χ1v) is 6.63. The highest BCUT2D eigenvalue weighted by molar-refractivity contribution is 5.93. The van der Waals surface area contributed by atoms with Crippen LogP contribution in [-0.4, -0.2) is 14.8 Å². The lowest BCUT2D eigenvalue weighted by Crippen LogP contribution is -1.97. The quantitative estimate of drug-likeness (QED) is 0.349. The lowest BCUT2D eigenvalue weighted by Gasteiger charge is -2.02. The van der Waals surface area contributed by atoms with E-state index in [4.69, 9.17) is 0 Å². The molecular weight excluding hydrogens is 332 g/mol. The van der Waals surface area contributed by atoms with Gasteiger partial charge in [-0.3, -0.25) is 30.3 Å². The molecule has 0 bridgehead atoms. The van der Waals surface area contributed by atoms with Crippen LogP contribution in [0.25, 0.3) is 11.6 Å². The van der Waals surface area contributed by atoms with Gasteiger partial charge in [0.15, 0.2) is 0 Å². The van der Waals surface area contributed by atoms with Gasteiger partial charge in [-0.05, 0) is 29.8 Å². The van der Waals surface area contributed by atoms with E-state index < -0.39 is 26.1 Å². The van der Waals surface area contributed by atoms with Crippen molar-refractivity contribution < 1.29 is 14.8 Å². The molecule has 0 radical (unpaired) electrons. The van der Waals surface area contributed by atoms with Crippen LogP contribution in [0.2, 0.25) is 0 Å². The number of nitro benzene ring substituents is 3. The summed E-state index contributed by atoms with van der Waals surface area (Å²) >= 11 is 0. The van der Waals surface area contributed by atoms with Crippen molar-refractivity contribution in [2.75, 3.05) is 0 Å². The van der Waals surface area contributed by atoms with E-state index in [1.165, 1.54) is 30.3 Å². The molecule has 0 fully saturated rings. The zero-order chi connectivity index (χ0) is 18.6. The van der Waals surface area contributed by atoms with Crippen LogP contribution in [0.15, 0.2) is 42.5 Å². The minimum absolute atomic E-state index is 0.0866. The molecular formula is C15H8N4O6. The van der Waals surface area contributed by atoms with Crippen molar-refractivity contribution in [2.24, 2.45) is 0 Å². The van der Waals surface area contributed by atoms with E-state index in [0.29, 0.717) is 5.56 Å². The SMILES string of the molecule is N#C/C(=C\c1ccc([N+](=O)[O-])cc1)c1ccc([N+](=O)[O-])cc1[N+](=O)[O-]. The number of non-ortho nitro benzene ring substituents is 2. The molecule has 0 atom stereocenters. The third kappa shape index (κ3) is 3.80. The van der Waals surface area contributed by atoms with Gasteiger partial charge in [0.1, 0.15) is 6.07 Å². The predicted molar refractivity (Wildman–Crippen MR) is 86.3 cm³/mol. The normalized spacial score (nSPS) is 10.8. The molecule has 25 heavy (non-hydrogen) atoms. The largest absolute Gasteiger partial charge is 0.284 e. The molecule has 0 saturated carbocycles. The van der Waals surface area contributed by atoms with E-state index in [2.05, 4.69) is 0 Å². The summed E-state index contributed by atoms with van der Waals surface area (Å²) in [5.41, 5.74) is -0.967. The molecule has 2 aromatic carbocycles. The van der Waals surface area contributed by atoms with E-state index in [9.17, 15) is 35.6 Å². The summed E-state index contributed by atoms with van der Waals surface area (Å²) in [5.74, 6) is 0. The first-order valence-electron chi connectivity index (χ1n) is 6.63. The number of benzene rings is 2. The van der Waals surface area contributed by atoms with Crippen LogP contribution >= 0.6 is 0 Å². The number of nitro groups is 3. The molecule has 0 aliphatic rings. The van der Waals surface area contributed by atoms with Crippen molar-refractivity contribution in [1.82, 2.24) is 0 Å². The van der Waals surface area contributed by atoms with Gasteiger partial charge in [-0.2, -0.15) is 5.26 Å². The Bertz CT molecular complexity index is 943. The summed E-state index contributed by atoms with van der Waals surface area (Å²) in [6.45, 7) is 0. The fourth-order valence-corrected chi connectivity index (χ4v) is 2.04. The first-order chi connectivity index (χ1) is 11.8. The second-order valence-corrected chi connectivity index (χ2v) is 4.73. The fourth-order valence-electron chi connectivity index (χ4n) is 2.04. The summed E-state index contributed by atoms with van der Waals surface area (Å²) in [4.78, 5) is 30.4. The molecule has 0 aliphatic carbocycles. The molecule has 2 rings (SSSR count). The van der Waals surface area contributed by atoms with Crippen molar-refractivity contribution >= 4 is 28.7 Å². The lowest BCUT2D eigenvalue weighted by molar-refractivity contribution is -0.394. The van der Waals surface area contributed by atoms with Crippen LogP contribution in [0, 0.1) is 41.7 Å². The predicted octanol–water partition coefficient (Wildman–Crippen LogP) is 3.48. The minimum atomic E-state index is -0.816. The van der Waals surface area contributed by atoms with Crippen LogP contribution in [0.4, 0.5) is 17.1 Å². The number of hydrogen-bond donors (Lipinski definition) is 0. The molecule has 0 heterocycles. The zero-order valence-electron chi connectivity index (χ0n) is 12.4. The molecule has 0 aromatic heterocycles. The summed E-state index contributed by atoms with van der Waals surface area (Å²) in [6, 6.07) is 9.97. The smallest absolute Gasteiger partial charge is 0.258 e. The Morgan fingerprint density at radius 1 is 0.880 bits per heavy atom. The van der Waals surface area contributed by atoms with Crippen LogP contribution < -0.4 is 0 Å². The highest BCUT2D eigenvalue weighted by Gasteiger charge is 2.22. The van der Waals surface area contributed by atoms with Gasteiger partial charge in [-0.15, -0.1) is 0 Å². The second kappa shape index (κ2) is 6.97. The first kappa shape index (κ1) is 17.2. The molecule has 0 amide bonds. The van der Waals surface area contributed by atoms with Crippen LogP contribution in [0.1, 0.15) is 11.1 Å². The van der Waals surface area contributed by atoms with Crippen molar-refractivity contribution in [1.29, 1.82) is 5.26 Å². The van der Waals surface area contributed by atoms with Crippen molar-refractivity contribution in [3.8, 4) is 6.07 Å². The molecule has 2 aromatic rings. The van der Waals surface area contributed by atoms with E-state index >= 15 is 0 Å². The maximum absolute atomic E-state index is 11.2. The Morgan fingerprint density at radius 2 is 1.44 bits per heavy atom. The zero-order valence-corrected chi connectivity index (χ0v) is 12.4. The molecule has 10 nitrogen and oxygen atoms in total. The number of nitrogens with zero attached hydrogens (tertiary/aromatic N) is 4. The van der Waals surface area contributed by atoms with Crippen molar-refractivity contribution in [2.45, 2.75) is 0 Å². The van der Waals surface area contributed by atoms with E-state index in [0.717, 1.165) is 18.2 Å². The topological polar surface area (TPSA) is 153 Å². The number of allylic oxidation sites excluding steroid dienone is 1. The lowest BCUT2D eigenvalue weighted by atomic mass is 10.0. The van der Waals surface area contributed by atoms with Gasteiger partial charge in [-0.1, -0.05) is 0 Å². The van der Waals surface area contributed by atoms with Gasteiger partial charge in [0.05, 0.1) is 32.0 Å². The Kier molecular flexibility index (Phi) is 4.80. The van der Waals surface area contributed by atoms with Gasteiger partial charge >= 0.3 is 0 Å². The van der Waals surface area contributed by atoms with Gasteiger partial charge in [0.25, 0.3) is 17.1 Å². The monoisotopic (exact) mass is 340 g/mol. The minimum Gasteiger partial charge on any atom is -0.258 e. The highest BCUT2D eigenvalue weighted by Crippen LogP contribution is 2.31. The van der Waals surface area contributed by atoms with E-state index in [1.54, 1.807) is 6.07 Å². The third-order valence-electron chi connectivity index (χ3n) is 3.21. The van der Waals surface area contributed by atoms with Gasteiger partial charge in [0.2, 0.25) is 0 Å². The van der Waals surface area contributed by atoms with E-state index in [1.807, 2.05) is 0 Å². The molecule has 0 saturated heterocycles. The summed E-state index contributed by atoms with van der Waals surface area (Å²) in [5, 5.41) is 41.8. The molecule has 0 aliphatic heterocycles. The summed E-state index contributed by atoms with van der Waals surface area (Å²) in [6.07, 6.45) is 1.30. The van der Waals surface area contributed by atoms with Crippen molar-refractivity contribution in [3.05, 3.63) is 83.9 Å². The van der Waals surface area contributed by atoms with Crippen LogP contribution in [0.3, 0.4) is 0 Å². The average molecular weight is 340 g/mol.